The number of hydrogen-bond acceptors (Lipinski definition) is 4. The van der Waals surface area contributed by atoms with Crippen LogP contribution in [0.25, 0.3) is 22.1 Å². The molecule has 0 saturated heterocycles. The number of rotatable bonds is 3. The normalized spacial score (nSPS) is 12.1. The number of benzene rings is 3. The fourth-order valence-corrected chi connectivity index (χ4v) is 4.04. The first-order chi connectivity index (χ1) is 13.3. The Morgan fingerprint density at radius 3 is 2.52 bits per heavy atom. The molecule has 4 nitrogen and oxygen atoms in total. The van der Waals surface area contributed by atoms with Gasteiger partial charge in [-0.2, -0.15) is 0 Å². The Labute approximate surface area is 158 Å². The van der Waals surface area contributed by atoms with Crippen LogP contribution in [0.3, 0.4) is 0 Å². The van der Waals surface area contributed by atoms with Crippen LogP contribution >= 0.6 is 11.3 Å². The summed E-state index contributed by atoms with van der Waals surface area (Å²) >= 11 is 1.39. The standard InChI is InChI=1S/C22H14N2O2S/c25-21-20(27-22-23-17-11-5-6-12-18(17)24(21)22)14-15-8-4-7-13-19(15)26-16-9-2-1-3-10-16/h1-14H/b20-14-. The minimum Gasteiger partial charge on any atom is -0.457 e. The molecule has 0 N–H and O–H groups in total. The van der Waals surface area contributed by atoms with E-state index in [1.807, 2.05) is 84.9 Å². The van der Waals surface area contributed by atoms with E-state index in [2.05, 4.69) is 4.98 Å². The van der Waals surface area contributed by atoms with Crippen LogP contribution in [0, 0.1) is 0 Å². The molecule has 0 amide bonds. The van der Waals surface area contributed by atoms with Crippen LogP contribution in [-0.2, 0) is 0 Å². The van der Waals surface area contributed by atoms with Crippen molar-refractivity contribution in [1.29, 1.82) is 0 Å². The summed E-state index contributed by atoms with van der Waals surface area (Å²) in [7, 11) is 0. The number of hydrogen-bond donors (Lipinski definition) is 0. The quantitative estimate of drug-likeness (QED) is 0.477. The number of thiazole rings is 1. The molecule has 0 bridgehead atoms. The lowest BCUT2D eigenvalue weighted by Crippen LogP contribution is -2.22. The van der Waals surface area contributed by atoms with Gasteiger partial charge in [0, 0.05) is 5.56 Å². The maximum Gasteiger partial charge on any atom is 0.274 e. The molecule has 0 aliphatic carbocycles. The molecule has 27 heavy (non-hydrogen) atoms. The van der Waals surface area contributed by atoms with Crippen molar-refractivity contribution in [3.05, 3.63) is 99.3 Å². The van der Waals surface area contributed by atoms with Crippen molar-refractivity contribution in [2.45, 2.75) is 0 Å². The molecule has 0 fully saturated rings. The number of aromatic nitrogens is 2. The van der Waals surface area contributed by atoms with E-state index >= 15 is 0 Å². The van der Waals surface area contributed by atoms with Crippen LogP contribution in [0.4, 0.5) is 0 Å². The maximum absolute atomic E-state index is 12.9. The Hall–Kier alpha value is -3.44. The lowest BCUT2D eigenvalue weighted by molar-refractivity contribution is 0.481. The van der Waals surface area contributed by atoms with Crippen LogP contribution in [-0.4, -0.2) is 9.38 Å². The van der Waals surface area contributed by atoms with Crippen molar-refractivity contribution in [1.82, 2.24) is 9.38 Å². The molecule has 3 aromatic carbocycles. The second kappa shape index (κ2) is 6.37. The van der Waals surface area contributed by atoms with Crippen molar-refractivity contribution >= 4 is 33.4 Å². The van der Waals surface area contributed by atoms with Crippen molar-refractivity contribution in [3.8, 4) is 11.5 Å². The van der Waals surface area contributed by atoms with Crippen molar-refractivity contribution in [2.75, 3.05) is 0 Å². The molecule has 0 aliphatic rings. The number of nitrogens with zero attached hydrogens (tertiary/aromatic N) is 2. The predicted molar refractivity (Wildman–Crippen MR) is 109 cm³/mol. The Bertz CT molecular complexity index is 1370. The zero-order chi connectivity index (χ0) is 18.2. The lowest BCUT2D eigenvalue weighted by atomic mass is 10.2. The number of ether oxygens (including phenoxy) is 1. The molecular formula is C22H14N2O2S. The van der Waals surface area contributed by atoms with E-state index in [9.17, 15) is 4.79 Å². The number of imidazole rings is 1. The fourth-order valence-electron chi connectivity index (χ4n) is 3.06. The maximum atomic E-state index is 12.9. The van der Waals surface area contributed by atoms with Gasteiger partial charge in [0.2, 0.25) is 0 Å². The summed E-state index contributed by atoms with van der Waals surface area (Å²) in [5.74, 6) is 1.46. The highest BCUT2D eigenvalue weighted by molar-refractivity contribution is 7.15. The zero-order valence-corrected chi connectivity index (χ0v) is 15.0. The van der Waals surface area contributed by atoms with Gasteiger partial charge in [-0.25, -0.2) is 9.38 Å². The zero-order valence-electron chi connectivity index (χ0n) is 14.2. The minimum atomic E-state index is -0.0572. The van der Waals surface area contributed by atoms with Gasteiger partial charge in [-0.3, -0.25) is 4.79 Å². The highest BCUT2D eigenvalue weighted by atomic mass is 32.1. The molecule has 0 radical (unpaired) electrons. The van der Waals surface area contributed by atoms with Crippen molar-refractivity contribution in [3.63, 3.8) is 0 Å². The average molecular weight is 370 g/mol. The first kappa shape index (κ1) is 15.8. The topological polar surface area (TPSA) is 43.6 Å². The highest BCUT2D eigenvalue weighted by Gasteiger charge is 2.11. The molecule has 0 atom stereocenters. The summed E-state index contributed by atoms with van der Waals surface area (Å²) in [6.45, 7) is 0. The summed E-state index contributed by atoms with van der Waals surface area (Å²) in [6, 6.07) is 25.0. The average Bonchev–Trinajstić information content (AvgIpc) is 3.21. The highest BCUT2D eigenvalue weighted by Crippen LogP contribution is 2.25. The fraction of sp³-hybridized carbons (Fsp3) is 0. The largest absolute Gasteiger partial charge is 0.457 e. The van der Waals surface area contributed by atoms with Crippen LogP contribution in [0.1, 0.15) is 5.56 Å². The van der Waals surface area contributed by atoms with E-state index in [1.165, 1.54) is 11.3 Å². The Kier molecular flexibility index (Phi) is 3.73. The van der Waals surface area contributed by atoms with Crippen LogP contribution in [0.5, 0.6) is 11.5 Å². The molecule has 5 heteroatoms. The molecule has 0 aliphatic heterocycles. The molecule has 0 spiro atoms. The van der Waals surface area contributed by atoms with Crippen molar-refractivity contribution in [2.24, 2.45) is 0 Å². The number of para-hydroxylation sites is 4. The third kappa shape index (κ3) is 2.78. The monoisotopic (exact) mass is 370 g/mol. The van der Waals surface area contributed by atoms with Gasteiger partial charge in [0.05, 0.1) is 15.6 Å². The molecular weight excluding hydrogens is 356 g/mol. The van der Waals surface area contributed by atoms with Gasteiger partial charge >= 0.3 is 0 Å². The molecule has 130 valence electrons. The second-order valence-electron chi connectivity index (χ2n) is 6.09. The molecule has 5 rings (SSSR count). The minimum absolute atomic E-state index is 0.0572. The van der Waals surface area contributed by atoms with Crippen LogP contribution in [0.2, 0.25) is 0 Å². The predicted octanol–water partition coefficient (Wildman–Crippen LogP) is 4.25. The summed E-state index contributed by atoms with van der Waals surface area (Å²) in [6.07, 6.45) is 1.87. The van der Waals surface area contributed by atoms with Gasteiger partial charge in [-0.15, -0.1) is 0 Å². The van der Waals surface area contributed by atoms with E-state index in [0.29, 0.717) is 15.2 Å². The van der Waals surface area contributed by atoms with E-state index in [1.54, 1.807) is 4.40 Å². The Morgan fingerprint density at radius 2 is 1.63 bits per heavy atom. The first-order valence-corrected chi connectivity index (χ1v) is 9.35. The van der Waals surface area contributed by atoms with Gasteiger partial charge in [0.15, 0.2) is 4.96 Å². The SMILES string of the molecule is O=c1/c(=C/c2ccccc2Oc2ccccc2)sc2nc3ccccc3n12. The molecule has 0 saturated carbocycles. The van der Waals surface area contributed by atoms with Gasteiger partial charge in [0.1, 0.15) is 11.5 Å². The summed E-state index contributed by atoms with van der Waals surface area (Å²) in [4.78, 5) is 18.2. The summed E-state index contributed by atoms with van der Waals surface area (Å²) in [5, 5.41) is 0. The smallest absolute Gasteiger partial charge is 0.274 e. The molecule has 2 heterocycles. The third-order valence-corrected chi connectivity index (χ3v) is 5.29. The van der Waals surface area contributed by atoms with Gasteiger partial charge in [-0.05, 0) is 36.4 Å². The van der Waals surface area contributed by atoms with E-state index in [0.717, 1.165) is 22.3 Å². The van der Waals surface area contributed by atoms with E-state index in [-0.39, 0.29) is 5.56 Å². The molecule has 0 unspecified atom stereocenters. The summed E-state index contributed by atoms with van der Waals surface area (Å²) in [5.41, 5.74) is 2.47. The van der Waals surface area contributed by atoms with Gasteiger partial charge < -0.3 is 4.74 Å². The van der Waals surface area contributed by atoms with Crippen molar-refractivity contribution < 1.29 is 4.74 Å². The van der Waals surface area contributed by atoms with Crippen LogP contribution in [0.15, 0.2) is 83.7 Å². The molecule has 5 aromatic rings. The Morgan fingerprint density at radius 1 is 0.889 bits per heavy atom. The number of fused-ring (bicyclic) bond motifs is 3. The van der Waals surface area contributed by atoms with Gasteiger partial charge in [0.25, 0.3) is 5.56 Å². The van der Waals surface area contributed by atoms with Crippen LogP contribution < -0.4 is 14.8 Å². The van der Waals surface area contributed by atoms with Gasteiger partial charge in [-0.1, -0.05) is 59.9 Å². The molecule has 2 aromatic heterocycles. The Balaban J connectivity index is 1.65. The van der Waals surface area contributed by atoms with E-state index in [4.69, 9.17) is 4.74 Å². The first-order valence-electron chi connectivity index (χ1n) is 8.53. The summed E-state index contributed by atoms with van der Waals surface area (Å²) < 4.78 is 8.30. The van der Waals surface area contributed by atoms with E-state index < -0.39 is 0 Å². The third-order valence-electron chi connectivity index (χ3n) is 4.32. The lowest BCUT2D eigenvalue weighted by Gasteiger charge is -2.08. The second-order valence-corrected chi connectivity index (χ2v) is 7.10.